The molecule has 0 atom stereocenters. The van der Waals surface area contributed by atoms with Crippen LogP contribution in [0.1, 0.15) is 36.5 Å². The Labute approximate surface area is 125 Å². The molecular formula is C18H21NO2. The maximum Gasteiger partial charge on any atom is 0.152 e. The molecule has 0 N–H and O–H groups in total. The van der Waals surface area contributed by atoms with Crippen LogP contribution in [0, 0.1) is 0 Å². The summed E-state index contributed by atoms with van der Waals surface area (Å²) in [5.74, 6) is 0.274. The Balaban J connectivity index is 2.14. The zero-order valence-electron chi connectivity index (χ0n) is 12.6. The SMILES string of the molecule is CCCCC(=O)CN(C)c1ccc2cc(C=O)ccc2c1. The van der Waals surface area contributed by atoms with E-state index in [4.69, 9.17) is 0 Å². The molecule has 0 unspecified atom stereocenters. The van der Waals surface area contributed by atoms with Crippen molar-refractivity contribution in [3.05, 3.63) is 42.0 Å². The number of hydrogen-bond donors (Lipinski definition) is 0. The average Bonchev–Trinajstić information content (AvgIpc) is 2.51. The molecule has 0 aliphatic carbocycles. The van der Waals surface area contributed by atoms with Gasteiger partial charge in [0.1, 0.15) is 6.29 Å². The fourth-order valence-corrected chi connectivity index (χ4v) is 2.37. The van der Waals surface area contributed by atoms with Crippen LogP contribution in [-0.4, -0.2) is 25.7 Å². The Kier molecular flexibility index (Phi) is 5.09. The third-order valence-corrected chi connectivity index (χ3v) is 3.65. The van der Waals surface area contributed by atoms with Crippen molar-refractivity contribution in [3.63, 3.8) is 0 Å². The summed E-state index contributed by atoms with van der Waals surface area (Å²) in [6.45, 7) is 2.53. The number of anilines is 1. The molecule has 0 aliphatic rings. The molecule has 2 aromatic carbocycles. The summed E-state index contributed by atoms with van der Waals surface area (Å²) in [6, 6.07) is 11.7. The molecule has 0 saturated carbocycles. The minimum atomic E-state index is 0.274. The summed E-state index contributed by atoms with van der Waals surface area (Å²) in [5, 5.41) is 2.11. The molecule has 110 valence electrons. The number of ketones is 1. The number of hydrogen-bond acceptors (Lipinski definition) is 3. The van der Waals surface area contributed by atoms with Gasteiger partial charge in [0.25, 0.3) is 0 Å². The lowest BCUT2D eigenvalue weighted by Gasteiger charge is -2.19. The van der Waals surface area contributed by atoms with Crippen molar-refractivity contribution in [1.82, 2.24) is 0 Å². The summed E-state index contributed by atoms with van der Waals surface area (Å²) in [7, 11) is 1.94. The summed E-state index contributed by atoms with van der Waals surface area (Å²) >= 11 is 0. The molecule has 0 saturated heterocycles. The molecule has 3 nitrogen and oxygen atoms in total. The minimum absolute atomic E-state index is 0.274. The average molecular weight is 283 g/mol. The van der Waals surface area contributed by atoms with E-state index in [1.165, 1.54) is 0 Å². The van der Waals surface area contributed by atoms with Crippen molar-refractivity contribution in [2.24, 2.45) is 0 Å². The van der Waals surface area contributed by atoms with Crippen LogP contribution < -0.4 is 4.90 Å². The van der Waals surface area contributed by atoms with E-state index < -0.39 is 0 Å². The smallest absolute Gasteiger partial charge is 0.152 e. The number of carbonyl (C=O) groups is 2. The standard InChI is InChI=1S/C18H21NO2/c1-3-4-5-18(21)12-19(2)17-9-8-15-10-14(13-20)6-7-16(15)11-17/h6-11,13H,3-5,12H2,1-2H3. The van der Waals surface area contributed by atoms with E-state index in [-0.39, 0.29) is 5.78 Å². The van der Waals surface area contributed by atoms with E-state index in [1.807, 2.05) is 42.3 Å². The van der Waals surface area contributed by atoms with Crippen LogP contribution in [0.3, 0.4) is 0 Å². The molecule has 0 aliphatic heterocycles. The van der Waals surface area contributed by atoms with Crippen molar-refractivity contribution < 1.29 is 9.59 Å². The van der Waals surface area contributed by atoms with Gasteiger partial charge in [-0.2, -0.15) is 0 Å². The largest absolute Gasteiger partial charge is 0.367 e. The molecule has 0 spiro atoms. The first kappa shape index (κ1) is 15.2. The maximum absolute atomic E-state index is 11.9. The number of nitrogens with zero attached hydrogens (tertiary/aromatic N) is 1. The van der Waals surface area contributed by atoms with Gasteiger partial charge in [0.2, 0.25) is 0 Å². The van der Waals surface area contributed by atoms with Crippen LogP contribution in [0.15, 0.2) is 36.4 Å². The zero-order chi connectivity index (χ0) is 15.2. The Morgan fingerprint density at radius 1 is 1.14 bits per heavy atom. The second-order valence-electron chi connectivity index (χ2n) is 5.41. The van der Waals surface area contributed by atoms with Gasteiger partial charge in [-0.15, -0.1) is 0 Å². The molecular weight excluding hydrogens is 262 g/mol. The molecule has 0 radical (unpaired) electrons. The molecule has 3 heteroatoms. The predicted octanol–water partition coefficient (Wildman–Crippen LogP) is 3.85. The molecule has 0 bridgehead atoms. The van der Waals surface area contributed by atoms with Crippen LogP contribution in [0.4, 0.5) is 5.69 Å². The Morgan fingerprint density at radius 3 is 2.57 bits per heavy atom. The first-order valence-corrected chi connectivity index (χ1v) is 7.36. The number of Topliss-reactive ketones (excluding diaryl/α,β-unsaturated/α-hetero) is 1. The minimum Gasteiger partial charge on any atom is -0.367 e. The van der Waals surface area contributed by atoms with E-state index in [9.17, 15) is 9.59 Å². The lowest BCUT2D eigenvalue weighted by molar-refractivity contribution is -0.117. The third kappa shape index (κ3) is 3.91. The highest BCUT2D eigenvalue weighted by molar-refractivity contribution is 5.91. The molecule has 0 heterocycles. The van der Waals surface area contributed by atoms with Crippen molar-refractivity contribution in [2.75, 3.05) is 18.5 Å². The highest BCUT2D eigenvalue weighted by Gasteiger charge is 2.08. The molecule has 2 aromatic rings. The van der Waals surface area contributed by atoms with Crippen LogP contribution >= 0.6 is 0 Å². The lowest BCUT2D eigenvalue weighted by atomic mass is 10.1. The Hall–Kier alpha value is -2.16. The molecule has 0 amide bonds. The first-order chi connectivity index (χ1) is 10.1. The summed E-state index contributed by atoms with van der Waals surface area (Å²) in [4.78, 5) is 24.6. The number of aldehydes is 1. The highest BCUT2D eigenvalue weighted by Crippen LogP contribution is 2.22. The van der Waals surface area contributed by atoms with Gasteiger partial charge in [-0.1, -0.05) is 31.5 Å². The van der Waals surface area contributed by atoms with Gasteiger partial charge in [-0.3, -0.25) is 9.59 Å². The molecule has 0 fully saturated rings. The van der Waals surface area contributed by atoms with Gasteiger partial charge in [0.05, 0.1) is 6.54 Å². The highest BCUT2D eigenvalue weighted by atomic mass is 16.1. The van der Waals surface area contributed by atoms with Crippen molar-refractivity contribution in [3.8, 4) is 0 Å². The predicted molar refractivity (Wildman–Crippen MR) is 87.1 cm³/mol. The monoisotopic (exact) mass is 283 g/mol. The van der Waals surface area contributed by atoms with E-state index in [0.717, 1.165) is 35.6 Å². The number of unbranched alkanes of at least 4 members (excludes halogenated alkanes) is 1. The van der Waals surface area contributed by atoms with Crippen LogP contribution in [-0.2, 0) is 4.79 Å². The van der Waals surface area contributed by atoms with Gasteiger partial charge in [-0.25, -0.2) is 0 Å². The Morgan fingerprint density at radius 2 is 1.86 bits per heavy atom. The van der Waals surface area contributed by atoms with Crippen LogP contribution in [0.2, 0.25) is 0 Å². The summed E-state index contributed by atoms with van der Waals surface area (Å²) in [5.41, 5.74) is 1.70. The number of fused-ring (bicyclic) bond motifs is 1. The van der Waals surface area contributed by atoms with Crippen molar-refractivity contribution in [2.45, 2.75) is 26.2 Å². The zero-order valence-corrected chi connectivity index (χ0v) is 12.6. The van der Waals surface area contributed by atoms with Crippen molar-refractivity contribution >= 4 is 28.5 Å². The van der Waals surface area contributed by atoms with Gasteiger partial charge in [0, 0.05) is 24.7 Å². The number of carbonyl (C=O) groups excluding carboxylic acids is 2. The number of likely N-dealkylation sites (N-methyl/N-ethyl adjacent to an activating group) is 1. The number of rotatable bonds is 7. The van der Waals surface area contributed by atoms with E-state index in [0.29, 0.717) is 18.5 Å². The molecule has 0 aromatic heterocycles. The van der Waals surface area contributed by atoms with E-state index in [1.54, 1.807) is 0 Å². The summed E-state index contributed by atoms with van der Waals surface area (Å²) in [6.07, 6.45) is 3.51. The molecule has 21 heavy (non-hydrogen) atoms. The Bertz CT molecular complexity index is 649. The third-order valence-electron chi connectivity index (χ3n) is 3.65. The van der Waals surface area contributed by atoms with Gasteiger partial charge < -0.3 is 4.90 Å². The quantitative estimate of drug-likeness (QED) is 0.724. The van der Waals surface area contributed by atoms with Crippen molar-refractivity contribution in [1.29, 1.82) is 0 Å². The van der Waals surface area contributed by atoms with E-state index in [2.05, 4.69) is 13.0 Å². The normalized spacial score (nSPS) is 10.6. The summed E-state index contributed by atoms with van der Waals surface area (Å²) < 4.78 is 0. The number of benzene rings is 2. The second-order valence-corrected chi connectivity index (χ2v) is 5.41. The second kappa shape index (κ2) is 7.02. The van der Waals surface area contributed by atoms with E-state index >= 15 is 0 Å². The van der Waals surface area contributed by atoms with Gasteiger partial charge in [-0.05, 0) is 35.4 Å². The van der Waals surface area contributed by atoms with Gasteiger partial charge in [0.15, 0.2) is 5.78 Å². The van der Waals surface area contributed by atoms with Crippen LogP contribution in [0.25, 0.3) is 10.8 Å². The fraction of sp³-hybridized carbons (Fsp3) is 0.333. The van der Waals surface area contributed by atoms with Gasteiger partial charge >= 0.3 is 0 Å². The topological polar surface area (TPSA) is 37.4 Å². The molecule has 2 rings (SSSR count). The lowest BCUT2D eigenvalue weighted by Crippen LogP contribution is -2.25. The maximum atomic E-state index is 11.9. The first-order valence-electron chi connectivity index (χ1n) is 7.36. The fourth-order valence-electron chi connectivity index (χ4n) is 2.37. The van der Waals surface area contributed by atoms with Crippen LogP contribution in [0.5, 0.6) is 0 Å².